The molecule has 2 atom stereocenters. The summed E-state index contributed by atoms with van der Waals surface area (Å²) >= 11 is 0. The number of carbonyl (C=O) groups excluding carboxylic acids is 2. The predicted molar refractivity (Wildman–Crippen MR) is 58.8 cm³/mol. The van der Waals surface area contributed by atoms with Crippen LogP contribution in [0.5, 0.6) is 0 Å². The highest BCUT2D eigenvalue weighted by Gasteiger charge is 2.47. The molecule has 0 aliphatic carbocycles. The van der Waals surface area contributed by atoms with Crippen molar-refractivity contribution in [1.82, 2.24) is 5.32 Å². The molecule has 1 aromatic rings. The summed E-state index contributed by atoms with van der Waals surface area (Å²) in [6, 6.07) is 9.89. The molecule has 1 N–H and O–H groups in total. The van der Waals surface area contributed by atoms with Crippen molar-refractivity contribution in [3.05, 3.63) is 30.3 Å². The number of anilines is 1. The molecule has 4 heteroatoms. The highest BCUT2D eigenvalue weighted by molar-refractivity contribution is 6.06. The van der Waals surface area contributed by atoms with Crippen molar-refractivity contribution < 1.29 is 9.59 Å². The fraction of sp³-hybridized carbons (Fsp3) is 0.333. The summed E-state index contributed by atoms with van der Waals surface area (Å²) in [5.74, 6) is -0.553. The summed E-state index contributed by atoms with van der Waals surface area (Å²) in [6.07, 6.45) is 0. The van der Waals surface area contributed by atoms with Crippen molar-refractivity contribution in [2.24, 2.45) is 11.8 Å². The number of amides is 2. The molecule has 0 saturated carbocycles. The molecule has 1 aromatic carbocycles. The number of fused-ring (bicyclic) bond motifs is 1. The fourth-order valence-corrected chi connectivity index (χ4v) is 2.49. The summed E-state index contributed by atoms with van der Waals surface area (Å²) in [5.41, 5.74) is 1.08. The van der Waals surface area contributed by atoms with E-state index >= 15 is 0 Å². The number of rotatable bonds is 1. The Bertz CT molecular complexity index is 422. The normalized spacial score (nSPS) is 28.1. The molecule has 0 unspecified atom stereocenters. The van der Waals surface area contributed by atoms with Crippen LogP contribution in [0.3, 0.4) is 0 Å². The van der Waals surface area contributed by atoms with Gasteiger partial charge in [-0.25, -0.2) is 0 Å². The average molecular weight is 216 g/mol. The van der Waals surface area contributed by atoms with Gasteiger partial charge >= 0.3 is 0 Å². The summed E-state index contributed by atoms with van der Waals surface area (Å²) in [6.45, 7) is 1.29. The molecule has 2 aliphatic heterocycles. The minimum Gasteiger partial charge on any atom is -0.370 e. The molecule has 0 spiro atoms. The summed E-state index contributed by atoms with van der Waals surface area (Å²) in [5, 5.41) is 2.39. The van der Waals surface area contributed by atoms with E-state index in [-0.39, 0.29) is 23.7 Å². The molecule has 82 valence electrons. The lowest BCUT2D eigenvalue weighted by atomic mass is 10.00. The Labute approximate surface area is 93.2 Å². The van der Waals surface area contributed by atoms with E-state index in [1.165, 1.54) is 0 Å². The maximum atomic E-state index is 11.5. The Hall–Kier alpha value is -1.84. The van der Waals surface area contributed by atoms with E-state index in [2.05, 4.69) is 10.2 Å². The Morgan fingerprint density at radius 3 is 2.12 bits per heavy atom. The minimum absolute atomic E-state index is 0.117. The van der Waals surface area contributed by atoms with Crippen LogP contribution in [0.2, 0.25) is 0 Å². The highest BCUT2D eigenvalue weighted by Crippen LogP contribution is 2.31. The van der Waals surface area contributed by atoms with Crippen LogP contribution in [0, 0.1) is 11.8 Å². The maximum absolute atomic E-state index is 11.5. The topological polar surface area (TPSA) is 49.4 Å². The van der Waals surface area contributed by atoms with Crippen LogP contribution in [0.25, 0.3) is 0 Å². The van der Waals surface area contributed by atoms with Crippen molar-refractivity contribution >= 4 is 17.5 Å². The van der Waals surface area contributed by atoms with Crippen LogP contribution < -0.4 is 10.2 Å². The van der Waals surface area contributed by atoms with E-state index < -0.39 is 0 Å². The average Bonchev–Trinajstić information content (AvgIpc) is 2.83. The Kier molecular flexibility index (Phi) is 1.96. The quantitative estimate of drug-likeness (QED) is 0.691. The van der Waals surface area contributed by atoms with Gasteiger partial charge in [0.2, 0.25) is 11.8 Å². The lowest BCUT2D eigenvalue weighted by Crippen LogP contribution is -2.31. The van der Waals surface area contributed by atoms with E-state index in [1.54, 1.807) is 0 Å². The molecule has 2 heterocycles. The first kappa shape index (κ1) is 9.39. The Morgan fingerprint density at radius 2 is 1.56 bits per heavy atom. The number of nitrogens with one attached hydrogen (secondary N) is 1. The van der Waals surface area contributed by atoms with Gasteiger partial charge in [0.25, 0.3) is 0 Å². The number of hydrogen-bond acceptors (Lipinski definition) is 3. The van der Waals surface area contributed by atoms with Gasteiger partial charge in [-0.05, 0) is 12.1 Å². The summed E-state index contributed by atoms with van der Waals surface area (Å²) in [4.78, 5) is 25.1. The van der Waals surface area contributed by atoms with Gasteiger partial charge in [0.1, 0.15) is 0 Å². The molecule has 2 fully saturated rings. The second-order valence-corrected chi connectivity index (χ2v) is 4.31. The van der Waals surface area contributed by atoms with Crippen molar-refractivity contribution in [1.29, 1.82) is 0 Å². The zero-order valence-corrected chi connectivity index (χ0v) is 8.72. The molecular formula is C12H12N2O2. The van der Waals surface area contributed by atoms with E-state index in [0.717, 1.165) is 5.69 Å². The van der Waals surface area contributed by atoms with Crippen LogP contribution in [0.1, 0.15) is 0 Å². The van der Waals surface area contributed by atoms with E-state index in [4.69, 9.17) is 0 Å². The summed E-state index contributed by atoms with van der Waals surface area (Å²) < 4.78 is 0. The third kappa shape index (κ3) is 1.30. The first-order valence-electron chi connectivity index (χ1n) is 5.40. The van der Waals surface area contributed by atoms with Crippen LogP contribution in [0.4, 0.5) is 5.69 Å². The molecule has 4 nitrogen and oxygen atoms in total. The van der Waals surface area contributed by atoms with Crippen molar-refractivity contribution in [3.8, 4) is 0 Å². The van der Waals surface area contributed by atoms with Crippen LogP contribution in [0.15, 0.2) is 30.3 Å². The monoisotopic (exact) mass is 216 g/mol. The lowest BCUT2D eigenvalue weighted by Gasteiger charge is -2.18. The standard InChI is InChI=1S/C12H12N2O2/c15-11-9-6-14(7-10(9)12(16)13-11)8-4-2-1-3-5-8/h1-5,9-10H,6-7H2,(H,13,15,16)/t9-,10+. The second-order valence-electron chi connectivity index (χ2n) is 4.31. The van der Waals surface area contributed by atoms with Crippen LogP contribution in [-0.2, 0) is 9.59 Å². The van der Waals surface area contributed by atoms with Gasteiger partial charge in [-0.15, -0.1) is 0 Å². The zero-order chi connectivity index (χ0) is 11.1. The SMILES string of the molecule is O=C1NC(=O)[C@@H]2CN(c3ccccc3)C[C@H]12. The van der Waals surface area contributed by atoms with Gasteiger partial charge in [-0.1, -0.05) is 18.2 Å². The van der Waals surface area contributed by atoms with Gasteiger partial charge < -0.3 is 4.90 Å². The van der Waals surface area contributed by atoms with E-state index in [0.29, 0.717) is 13.1 Å². The fourth-order valence-electron chi connectivity index (χ4n) is 2.49. The molecule has 2 amide bonds. The smallest absolute Gasteiger partial charge is 0.232 e. The zero-order valence-electron chi connectivity index (χ0n) is 8.72. The molecule has 0 radical (unpaired) electrons. The first-order valence-corrected chi connectivity index (χ1v) is 5.40. The minimum atomic E-state index is -0.160. The predicted octanol–water partition coefficient (Wildman–Crippen LogP) is 0.395. The van der Waals surface area contributed by atoms with E-state index in [1.807, 2.05) is 30.3 Å². The Morgan fingerprint density at radius 1 is 1.00 bits per heavy atom. The number of hydrogen-bond donors (Lipinski definition) is 1. The van der Waals surface area contributed by atoms with Crippen molar-refractivity contribution in [3.63, 3.8) is 0 Å². The number of para-hydroxylation sites is 1. The molecule has 0 aromatic heterocycles. The third-order valence-electron chi connectivity index (χ3n) is 3.36. The Balaban J connectivity index is 1.84. The van der Waals surface area contributed by atoms with Crippen LogP contribution in [-0.4, -0.2) is 24.9 Å². The largest absolute Gasteiger partial charge is 0.370 e. The number of imide groups is 1. The van der Waals surface area contributed by atoms with E-state index in [9.17, 15) is 9.59 Å². The molecular weight excluding hydrogens is 204 g/mol. The van der Waals surface area contributed by atoms with Gasteiger partial charge in [-0.3, -0.25) is 14.9 Å². The molecule has 16 heavy (non-hydrogen) atoms. The number of nitrogens with zero attached hydrogens (tertiary/aromatic N) is 1. The second kappa shape index (κ2) is 3.33. The van der Waals surface area contributed by atoms with Gasteiger partial charge in [-0.2, -0.15) is 0 Å². The highest BCUT2D eigenvalue weighted by atomic mass is 16.2. The van der Waals surface area contributed by atoms with Gasteiger partial charge in [0.15, 0.2) is 0 Å². The first-order chi connectivity index (χ1) is 7.75. The molecule has 0 bridgehead atoms. The van der Waals surface area contributed by atoms with Crippen LogP contribution >= 0.6 is 0 Å². The number of carbonyl (C=O) groups is 2. The third-order valence-corrected chi connectivity index (χ3v) is 3.36. The molecule has 3 rings (SSSR count). The van der Waals surface area contributed by atoms with Gasteiger partial charge in [0.05, 0.1) is 11.8 Å². The van der Waals surface area contributed by atoms with Crippen molar-refractivity contribution in [2.45, 2.75) is 0 Å². The molecule has 2 saturated heterocycles. The van der Waals surface area contributed by atoms with Crippen molar-refractivity contribution in [2.75, 3.05) is 18.0 Å². The molecule has 2 aliphatic rings. The summed E-state index contributed by atoms with van der Waals surface area (Å²) in [7, 11) is 0. The lowest BCUT2D eigenvalue weighted by molar-refractivity contribution is -0.126. The number of benzene rings is 1. The maximum Gasteiger partial charge on any atom is 0.232 e. The van der Waals surface area contributed by atoms with Gasteiger partial charge in [0, 0.05) is 18.8 Å².